The van der Waals surface area contributed by atoms with Crippen molar-refractivity contribution < 1.29 is 9.59 Å². The quantitative estimate of drug-likeness (QED) is 0.816. The van der Waals surface area contributed by atoms with Crippen LogP contribution in [0.1, 0.15) is 54.7 Å². The maximum atomic E-state index is 12.5. The summed E-state index contributed by atoms with van der Waals surface area (Å²) in [7, 11) is 2.13. The molecule has 1 aromatic carbocycles. The van der Waals surface area contributed by atoms with Crippen molar-refractivity contribution in [2.45, 2.75) is 51.6 Å². The van der Waals surface area contributed by atoms with Crippen molar-refractivity contribution in [1.82, 2.24) is 15.2 Å². The number of piperidine rings is 1. The Morgan fingerprint density at radius 2 is 2.12 bits per heavy atom. The predicted molar refractivity (Wildman–Crippen MR) is 103 cm³/mol. The summed E-state index contributed by atoms with van der Waals surface area (Å²) >= 11 is 0. The Labute approximate surface area is 154 Å². The van der Waals surface area contributed by atoms with Crippen LogP contribution in [0, 0.1) is 5.41 Å². The van der Waals surface area contributed by atoms with Crippen molar-refractivity contribution in [3.63, 3.8) is 0 Å². The molecule has 1 aliphatic heterocycles. The van der Waals surface area contributed by atoms with Gasteiger partial charge in [-0.15, -0.1) is 0 Å². The number of benzene rings is 1. The van der Waals surface area contributed by atoms with Gasteiger partial charge in [-0.2, -0.15) is 0 Å². The number of H-pyrrole nitrogens is 1. The van der Waals surface area contributed by atoms with Gasteiger partial charge in [-0.25, -0.2) is 0 Å². The molecule has 0 unspecified atom stereocenters. The minimum Gasteiger partial charge on any atom is -0.352 e. The molecule has 0 saturated carbocycles. The largest absolute Gasteiger partial charge is 0.352 e. The zero-order valence-electron chi connectivity index (χ0n) is 15.9. The lowest BCUT2D eigenvalue weighted by Crippen LogP contribution is -2.56. The number of aromatic nitrogens is 1. The number of likely N-dealkylation sites (N-methyl/N-ethyl adjacent to an activating group) is 1. The van der Waals surface area contributed by atoms with Gasteiger partial charge >= 0.3 is 0 Å². The number of fused-ring (bicyclic) bond motifs is 2. The highest BCUT2D eigenvalue weighted by molar-refractivity contribution is 5.95. The van der Waals surface area contributed by atoms with E-state index in [0.29, 0.717) is 17.7 Å². The zero-order chi connectivity index (χ0) is 18.6. The number of hydrogen-bond acceptors (Lipinski definition) is 3. The maximum absolute atomic E-state index is 12.5. The highest BCUT2D eigenvalue weighted by atomic mass is 16.2. The number of carbonyl (C=O) groups excluding carboxylic acids is 2. The number of aromatic amines is 1. The van der Waals surface area contributed by atoms with Gasteiger partial charge in [0.2, 0.25) is 5.91 Å². The highest BCUT2D eigenvalue weighted by Crippen LogP contribution is 2.44. The van der Waals surface area contributed by atoms with Gasteiger partial charge in [0.1, 0.15) is 0 Å². The summed E-state index contributed by atoms with van der Waals surface area (Å²) in [5.41, 5.74) is 3.83. The molecule has 5 heteroatoms. The van der Waals surface area contributed by atoms with Crippen LogP contribution in [0.5, 0.6) is 0 Å². The van der Waals surface area contributed by atoms with Crippen LogP contribution >= 0.6 is 0 Å². The molecule has 1 fully saturated rings. The second-order valence-electron chi connectivity index (χ2n) is 8.88. The Bertz CT molecular complexity index is 877. The molecule has 26 heavy (non-hydrogen) atoms. The van der Waals surface area contributed by atoms with E-state index in [4.69, 9.17) is 0 Å². The van der Waals surface area contributed by atoms with Crippen LogP contribution in [0.3, 0.4) is 0 Å². The van der Waals surface area contributed by atoms with Gasteiger partial charge in [-0.3, -0.25) is 9.59 Å². The van der Waals surface area contributed by atoms with E-state index >= 15 is 0 Å². The minimum atomic E-state index is -0.380. The Hall–Kier alpha value is -2.14. The van der Waals surface area contributed by atoms with E-state index in [2.05, 4.69) is 34.4 Å². The number of hydrogen-bond donors (Lipinski definition) is 2. The van der Waals surface area contributed by atoms with Gasteiger partial charge in [-0.05, 0) is 37.1 Å². The van der Waals surface area contributed by atoms with Crippen LogP contribution in [0.15, 0.2) is 18.2 Å². The van der Waals surface area contributed by atoms with E-state index < -0.39 is 0 Å². The molecule has 1 aliphatic carbocycles. The first kappa shape index (κ1) is 17.3. The number of nitrogens with zero attached hydrogens (tertiary/aromatic N) is 1. The Morgan fingerprint density at radius 3 is 2.81 bits per heavy atom. The second-order valence-corrected chi connectivity index (χ2v) is 8.88. The minimum absolute atomic E-state index is 0.106. The maximum Gasteiger partial charge on any atom is 0.225 e. The molecular formula is C21H27N3O2. The number of amides is 1. The normalized spacial score (nSPS) is 25.8. The third-order valence-electron chi connectivity index (χ3n) is 6.02. The molecule has 1 aromatic heterocycles. The van der Waals surface area contributed by atoms with Crippen LogP contribution in [0.4, 0.5) is 0 Å². The van der Waals surface area contributed by atoms with Crippen LogP contribution in [0.25, 0.3) is 10.9 Å². The Kier molecular flexibility index (Phi) is 3.95. The molecule has 5 nitrogen and oxygen atoms in total. The second kappa shape index (κ2) is 5.95. The van der Waals surface area contributed by atoms with Crippen molar-refractivity contribution in [3.05, 3.63) is 35.0 Å². The van der Waals surface area contributed by atoms with E-state index in [1.54, 1.807) is 0 Å². The van der Waals surface area contributed by atoms with Gasteiger partial charge in [-0.1, -0.05) is 32.9 Å². The number of carbonyl (C=O) groups is 2. The summed E-state index contributed by atoms with van der Waals surface area (Å²) in [5.74, 6) is 0.472. The summed E-state index contributed by atoms with van der Waals surface area (Å²) in [4.78, 5) is 29.6. The fourth-order valence-electron chi connectivity index (χ4n) is 4.66. The molecule has 1 amide bonds. The van der Waals surface area contributed by atoms with E-state index in [1.165, 1.54) is 10.9 Å². The summed E-state index contributed by atoms with van der Waals surface area (Å²) < 4.78 is 0. The van der Waals surface area contributed by atoms with E-state index in [1.807, 2.05) is 26.8 Å². The lowest BCUT2D eigenvalue weighted by Gasteiger charge is -2.46. The lowest BCUT2D eigenvalue weighted by atomic mass is 9.73. The smallest absolute Gasteiger partial charge is 0.225 e. The lowest BCUT2D eigenvalue weighted by molar-refractivity contribution is -0.129. The van der Waals surface area contributed by atoms with E-state index in [-0.39, 0.29) is 17.4 Å². The van der Waals surface area contributed by atoms with Gasteiger partial charge in [0, 0.05) is 40.9 Å². The van der Waals surface area contributed by atoms with Gasteiger partial charge in [0.15, 0.2) is 6.29 Å². The van der Waals surface area contributed by atoms with E-state index in [9.17, 15) is 9.59 Å². The summed E-state index contributed by atoms with van der Waals surface area (Å²) in [6.07, 6.45) is 2.76. The molecule has 3 atom stereocenters. The molecule has 2 aliphatic rings. The Morgan fingerprint density at radius 1 is 1.35 bits per heavy atom. The van der Waals surface area contributed by atoms with Crippen molar-refractivity contribution in [1.29, 1.82) is 0 Å². The average molecular weight is 353 g/mol. The topological polar surface area (TPSA) is 65.2 Å². The first-order valence-electron chi connectivity index (χ1n) is 9.39. The Balaban J connectivity index is 1.70. The van der Waals surface area contributed by atoms with Crippen LogP contribution < -0.4 is 5.32 Å². The molecule has 4 rings (SSSR count). The van der Waals surface area contributed by atoms with Gasteiger partial charge in [0.05, 0.1) is 5.69 Å². The monoisotopic (exact) mass is 353 g/mol. The predicted octanol–water partition coefficient (Wildman–Crippen LogP) is 2.86. The molecule has 2 N–H and O–H groups in total. The summed E-state index contributed by atoms with van der Waals surface area (Å²) in [5, 5.41) is 4.46. The zero-order valence-corrected chi connectivity index (χ0v) is 15.9. The highest BCUT2D eigenvalue weighted by Gasteiger charge is 2.41. The number of rotatable bonds is 2. The molecule has 138 valence electrons. The molecular weight excluding hydrogens is 326 g/mol. The van der Waals surface area contributed by atoms with Crippen molar-refractivity contribution in [2.24, 2.45) is 5.41 Å². The third kappa shape index (κ3) is 2.65. The third-order valence-corrected chi connectivity index (χ3v) is 6.02. The first-order chi connectivity index (χ1) is 12.3. The number of likely N-dealkylation sites (tertiary alicyclic amines) is 1. The van der Waals surface area contributed by atoms with Crippen LogP contribution in [-0.2, 0) is 11.2 Å². The summed E-state index contributed by atoms with van der Waals surface area (Å²) in [6, 6.07) is 6.81. The van der Waals surface area contributed by atoms with Crippen molar-refractivity contribution in [2.75, 3.05) is 13.6 Å². The van der Waals surface area contributed by atoms with Crippen LogP contribution in [0.2, 0.25) is 0 Å². The SMILES string of the molecule is CN1C[C@@H](NC(=O)C(C)(C)C)C[C@@H]2c3cccc4[nH]c(C=O)c(c34)C[C@H]21. The van der Waals surface area contributed by atoms with Gasteiger partial charge < -0.3 is 15.2 Å². The van der Waals surface area contributed by atoms with Crippen molar-refractivity contribution in [3.8, 4) is 0 Å². The first-order valence-corrected chi connectivity index (χ1v) is 9.39. The molecule has 2 aromatic rings. The molecule has 0 spiro atoms. The van der Waals surface area contributed by atoms with Crippen LogP contribution in [-0.4, -0.2) is 47.8 Å². The molecule has 0 bridgehead atoms. The van der Waals surface area contributed by atoms with Crippen molar-refractivity contribution >= 4 is 23.1 Å². The van der Waals surface area contributed by atoms with Gasteiger partial charge in [0.25, 0.3) is 0 Å². The molecule has 2 heterocycles. The number of aldehydes is 1. The fraction of sp³-hybridized carbons (Fsp3) is 0.524. The molecule has 0 radical (unpaired) electrons. The standard InChI is InChI=1S/C21H27N3O2/c1-21(2,3)20(26)22-12-8-14-13-6-5-7-16-19(13)15(17(11-25)23-16)9-18(14)24(4)10-12/h5-7,11-12,14,18,23H,8-10H2,1-4H3,(H,22,26)/t12-,14+,18+/m0/s1. The fourth-order valence-corrected chi connectivity index (χ4v) is 4.66. The summed E-state index contributed by atoms with van der Waals surface area (Å²) in [6.45, 7) is 6.69. The average Bonchev–Trinajstić information content (AvgIpc) is 2.94. The number of nitrogens with one attached hydrogen (secondary N) is 2. The molecule has 1 saturated heterocycles. The van der Waals surface area contributed by atoms with E-state index in [0.717, 1.165) is 36.8 Å².